The van der Waals surface area contributed by atoms with Crippen molar-refractivity contribution in [3.63, 3.8) is 0 Å². The number of fused-ring (bicyclic) bond motifs is 1. The van der Waals surface area contributed by atoms with Crippen LogP contribution in [-0.2, 0) is 16.0 Å². The molecule has 1 aliphatic rings. The molecule has 1 saturated heterocycles. The number of aromatic nitrogens is 1. The third kappa shape index (κ3) is 3.67. The van der Waals surface area contributed by atoms with Gasteiger partial charge in [0.25, 0.3) is 5.91 Å². The van der Waals surface area contributed by atoms with E-state index in [1.54, 1.807) is 4.90 Å². The zero-order valence-electron chi connectivity index (χ0n) is 16.2. The Labute approximate surface area is 158 Å². The number of hydrogen-bond donors (Lipinski definition) is 2. The van der Waals surface area contributed by atoms with E-state index in [1.165, 1.54) is 0 Å². The van der Waals surface area contributed by atoms with E-state index in [-0.39, 0.29) is 30.4 Å². The van der Waals surface area contributed by atoms with E-state index in [2.05, 4.69) is 10.3 Å². The molecular weight excluding hydrogens is 344 g/mol. The second kappa shape index (κ2) is 7.42. The molecule has 0 radical (unpaired) electrons. The average molecular weight is 370 g/mol. The largest absolute Gasteiger partial charge is 0.361 e. The maximum atomic E-state index is 12.7. The standard InChI is InChI=1S/C20H26N4O3/c1-12(2)24(13(3)4)18(25)11-23-19(26)17(22-20(23)27)9-14-10-21-16-8-6-5-7-15(14)16/h5-8,10,12-13,17,21H,9,11H2,1-4H3,(H,22,27)/t17-/m1/s1. The molecule has 0 aliphatic carbocycles. The van der Waals surface area contributed by atoms with E-state index in [0.29, 0.717) is 6.42 Å². The molecule has 3 rings (SSSR count). The van der Waals surface area contributed by atoms with E-state index >= 15 is 0 Å². The first kappa shape index (κ1) is 18.9. The third-order valence-corrected chi connectivity index (χ3v) is 4.90. The fourth-order valence-corrected chi connectivity index (χ4v) is 3.77. The van der Waals surface area contributed by atoms with Crippen molar-refractivity contribution in [3.05, 3.63) is 36.0 Å². The van der Waals surface area contributed by atoms with E-state index in [1.807, 2.05) is 58.2 Å². The Bertz CT molecular complexity index is 863. The third-order valence-electron chi connectivity index (χ3n) is 4.90. The van der Waals surface area contributed by atoms with Crippen molar-refractivity contribution in [2.45, 2.75) is 52.2 Å². The van der Waals surface area contributed by atoms with Crippen molar-refractivity contribution in [2.24, 2.45) is 0 Å². The molecule has 1 atom stereocenters. The molecule has 144 valence electrons. The monoisotopic (exact) mass is 370 g/mol. The number of imide groups is 1. The number of carbonyl (C=O) groups excluding carboxylic acids is 3. The summed E-state index contributed by atoms with van der Waals surface area (Å²) in [6.45, 7) is 7.45. The molecule has 7 nitrogen and oxygen atoms in total. The Morgan fingerprint density at radius 2 is 1.81 bits per heavy atom. The molecule has 0 bridgehead atoms. The van der Waals surface area contributed by atoms with Gasteiger partial charge in [-0.1, -0.05) is 18.2 Å². The van der Waals surface area contributed by atoms with E-state index in [9.17, 15) is 14.4 Å². The molecule has 1 fully saturated rings. The van der Waals surface area contributed by atoms with Crippen molar-refractivity contribution in [1.29, 1.82) is 0 Å². The quantitative estimate of drug-likeness (QED) is 0.765. The topological polar surface area (TPSA) is 85.5 Å². The molecule has 0 saturated carbocycles. The van der Waals surface area contributed by atoms with Crippen LogP contribution in [0.3, 0.4) is 0 Å². The Morgan fingerprint density at radius 3 is 2.48 bits per heavy atom. The maximum absolute atomic E-state index is 12.7. The number of aromatic amines is 1. The molecule has 0 spiro atoms. The van der Waals surface area contributed by atoms with Crippen LogP contribution in [0.5, 0.6) is 0 Å². The summed E-state index contributed by atoms with van der Waals surface area (Å²) >= 11 is 0. The Kier molecular flexibility index (Phi) is 5.21. The zero-order chi connectivity index (χ0) is 19.7. The van der Waals surface area contributed by atoms with Gasteiger partial charge in [0, 0.05) is 35.6 Å². The van der Waals surface area contributed by atoms with Gasteiger partial charge in [-0.3, -0.25) is 14.5 Å². The number of hydrogen-bond acceptors (Lipinski definition) is 3. The first-order valence-electron chi connectivity index (χ1n) is 9.27. The number of para-hydroxylation sites is 1. The van der Waals surface area contributed by atoms with Gasteiger partial charge in [0.15, 0.2) is 0 Å². The summed E-state index contributed by atoms with van der Waals surface area (Å²) < 4.78 is 0. The van der Waals surface area contributed by atoms with Crippen LogP contribution in [0.1, 0.15) is 33.3 Å². The predicted molar refractivity (Wildman–Crippen MR) is 103 cm³/mol. The lowest BCUT2D eigenvalue weighted by Crippen LogP contribution is -2.48. The van der Waals surface area contributed by atoms with Gasteiger partial charge in [0.2, 0.25) is 5.91 Å². The molecule has 7 heteroatoms. The van der Waals surface area contributed by atoms with Gasteiger partial charge in [0.1, 0.15) is 12.6 Å². The molecule has 0 unspecified atom stereocenters. The Hall–Kier alpha value is -2.83. The first-order chi connectivity index (χ1) is 12.8. The molecule has 1 aliphatic heterocycles. The molecule has 1 aromatic heterocycles. The molecule has 1 aromatic carbocycles. The minimum absolute atomic E-state index is 0.000263. The summed E-state index contributed by atoms with van der Waals surface area (Å²) in [5, 5.41) is 3.74. The normalized spacial score (nSPS) is 17.3. The molecular formula is C20H26N4O3. The summed E-state index contributed by atoms with van der Waals surface area (Å²) in [5.74, 6) is -0.581. The average Bonchev–Trinajstić information content (AvgIpc) is 3.11. The van der Waals surface area contributed by atoms with Crippen LogP contribution in [-0.4, -0.2) is 57.3 Å². The second-order valence-electron chi connectivity index (χ2n) is 7.48. The predicted octanol–water partition coefficient (Wildman–Crippen LogP) is 2.28. The summed E-state index contributed by atoms with van der Waals surface area (Å²) in [6, 6.07) is 6.65. The summed E-state index contributed by atoms with van der Waals surface area (Å²) in [7, 11) is 0. The van der Waals surface area contributed by atoms with Crippen molar-refractivity contribution in [3.8, 4) is 0 Å². The number of H-pyrrole nitrogens is 1. The van der Waals surface area contributed by atoms with Gasteiger partial charge in [-0.05, 0) is 39.3 Å². The van der Waals surface area contributed by atoms with Gasteiger partial charge in [0.05, 0.1) is 0 Å². The highest BCUT2D eigenvalue weighted by molar-refractivity contribution is 6.06. The van der Waals surface area contributed by atoms with Crippen molar-refractivity contribution in [1.82, 2.24) is 20.1 Å². The fraction of sp³-hybridized carbons (Fsp3) is 0.450. The SMILES string of the molecule is CC(C)N(C(=O)CN1C(=O)N[C@H](Cc2c[nH]c3ccccc23)C1=O)C(C)C. The highest BCUT2D eigenvalue weighted by Crippen LogP contribution is 2.21. The lowest BCUT2D eigenvalue weighted by Gasteiger charge is -2.31. The maximum Gasteiger partial charge on any atom is 0.325 e. The number of nitrogens with one attached hydrogen (secondary N) is 2. The minimum atomic E-state index is -0.656. The van der Waals surface area contributed by atoms with Crippen molar-refractivity contribution >= 4 is 28.7 Å². The molecule has 27 heavy (non-hydrogen) atoms. The van der Waals surface area contributed by atoms with E-state index in [0.717, 1.165) is 21.4 Å². The first-order valence-corrected chi connectivity index (χ1v) is 9.27. The Balaban J connectivity index is 1.72. The van der Waals surface area contributed by atoms with Crippen molar-refractivity contribution in [2.75, 3.05) is 6.54 Å². The van der Waals surface area contributed by atoms with Crippen LogP contribution in [0.2, 0.25) is 0 Å². The smallest absolute Gasteiger partial charge is 0.325 e. The van der Waals surface area contributed by atoms with Crippen LogP contribution in [0.25, 0.3) is 10.9 Å². The highest BCUT2D eigenvalue weighted by atomic mass is 16.2. The van der Waals surface area contributed by atoms with Crippen LogP contribution in [0.15, 0.2) is 30.5 Å². The molecule has 2 heterocycles. The molecule has 4 amide bonds. The lowest BCUT2D eigenvalue weighted by atomic mass is 10.1. The van der Waals surface area contributed by atoms with Gasteiger partial charge in [-0.25, -0.2) is 4.79 Å². The minimum Gasteiger partial charge on any atom is -0.361 e. The second-order valence-corrected chi connectivity index (χ2v) is 7.48. The number of nitrogens with zero attached hydrogens (tertiary/aromatic N) is 2. The summed E-state index contributed by atoms with van der Waals surface area (Å²) in [4.78, 5) is 43.5. The van der Waals surface area contributed by atoms with Gasteiger partial charge < -0.3 is 15.2 Å². The van der Waals surface area contributed by atoms with Crippen LogP contribution < -0.4 is 5.32 Å². The van der Waals surface area contributed by atoms with Crippen LogP contribution >= 0.6 is 0 Å². The zero-order valence-corrected chi connectivity index (χ0v) is 16.2. The van der Waals surface area contributed by atoms with Gasteiger partial charge in [-0.2, -0.15) is 0 Å². The van der Waals surface area contributed by atoms with Gasteiger partial charge in [-0.15, -0.1) is 0 Å². The Morgan fingerprint density at radius 1 is 1.15 bits per heavy atom. The number of amides is 4. The van der Waals surface area contributed by atoms with Gasteiger partial charge >= 0.3 is 6.03 Å². The summed E-state index contributed by atoms with van der Waals surface area (Å²) in [6.07, 6.45) is 2.24. The van der Waals surface area contributed by atoms with E-state index in [4.69, 9.17) is 0 Å². The van der Waals surface area contributed by atoms with Crippen LogP contribution in [0, 0.1) is 0 Å². The number of carbonyl (C=O) groups is 3. The molecule has 2 N–H and O–H groups in total. The highest BCUT2D eigenvalue weighted by Gasteiger charge is 2.40. The number of benzene rings is 1. The van der Waals surface area contributed by atoms with Crippen molar-refractivity contribution < 1.29 is 14.4 Å². The fourth-order valence-electron chi connectivity index (χ4n) is 3.77. The molecule has 2 aromatic rings. The van der Waals surface area contributed by atoms with Crippen LogP contribution in [0.4, 0.5) is 4.79 Å². The number of rotatable bonds is 6. The number of urea groups is 1. The van der Waals surface area contributed by atoms with E-state index < -0.39 is 12.1 Å². The lowest BCUT2D eigenvalue weighted by molar-refractivity contribution is -0.139. The summed E-state index contributed by atoms with van der Waals surface area (Å²) in [5.41, 5.74) is 1.95.